The number of nitrogens with one attached hydrogen (secondary N) is 1. The zero-order valence-electron chi connectivity index (χ0n) is 6.23. The van der Waals surface area contributed by atoms with E-state index in [4.69, 9.17) is 5.53 Å². The van der Waals surface area contributed by atoms with Crippen LogP contribution in [0, 0.1) is 15.6 Å². The molecule has 0 saturated heterocycles. The van der Waals surface area contributed by atoms with Crippen molar-refractivity contribution >= 4 is 0 Å². The summed E-state index contributed by atoms with van der Waals surface area (Å²) in [6.07, 6.45) is 6.26. The molecule has 0 fully saturated rings. The lowest BCUT2D eigenvalue weighted by atomic mass is 10.1. The third-order valence-electron chi connectivity index (χ3n) is 1.42. The van der Waals surface area contributed by atoms with Crippen molar-refractivity contribution in [3.05, 3.63) is 45.8 Å². The fourth-order valence-corrected chi connectivity index (χ4v) is 0.865. The van der Waals surface area contributed by atoms with Crippen molar-refractivity contribution in [2.75, 3.05) is 0 Å². The zero-order valence-corrected chi connectivity index (χ0v) is 6.23. The highest BCUT2D eigenvalue weighted by Gasteiger charge is 2.03. The molecule has 0 aliphatic heterocycles. The van der Waals surface area contributed by atoms with Crippen molar-refractivity contribution in [1.29, 1.82) is 5.53 Å². The normalized spacial score (nSPS) is 19.0. The zero-order chi connectivity index (χ0) is 8.97. The van der Waals surface area contributed by atoms with E-state index in [0.717, 1.165) is 6.20 Å². The summed E-state index contributed by atoms with van der Waals surface area (Å²) in [6, 6.07) is 0. The summed E-state index contributed by atoms with van der Waals surface area (Å²) in [5, 5.41) is 13.2. The van der Waals surface area contributed by atoms with Gasteiger partial charge in [-0.1, -0.05) is 12.2 Å². The molecule has 5 nitrogen and oxygen atoms in total. The second kappa shape index (κ2) is 3.56. The summed E-state index contributed by atoms with van der Waals surface area (Å²) in [5.74, 6) is 0. The van der Waals surface area contributed by atoms with Gasteiger partial charge in [0, 0.05) is 5.57 Å². The van der Waals surface area contributed by atoms with Crippen LogP contribution in [0.5, 0.6) is 0 Å². The molecule has 0 atom stereocenters. The van der Waals surface area contributed by atoms with Gasteiger partial charge in [-0.3, -0.25) is 10.1 Å². The van der Waals surface area contributed by atoms with Gasteiger partial charge in [0.25, 0.3) is 0 Å². The molecule has 0 aromatic carbocycles. The molecule has 0 saturated carbocycles. The van der Waals surface area contributed by atoms with Crippen LogP contribution in [0.1, 0.15) is 6.42 Å². The Morgan fingerprint density at radius 3 is 2.83 bits per heavy atom. The molecule has 1 aliphatic carbocycles. The summed E-state index contributed by atoms with van der Waals surface area (Å²) in [4.78, 5) is 9.54. The van der Waals surface area contributed by atoms with Crippen LogP contribution in [-0.4, -0.2) is 4.92 Å². The number of nitrogens with zero attached hydrogens (tertiary/aromatic N) is 2. The van der Waals surface area contributed by atoms with E-state index in [0.29, 0.717) is 17.7 Å². The summed E-state index contributed by atoms with van der Waals surface area (Å²) >= 11 is 0. The summed E-state index contributed by atoms with van der Waals surface area (Å²) in [7, 11) is 0. The van der Waals surface area contributed by atoms with Gasteiger partial charge in [0.1, 0.15) is 0 Å². The van der Waals surface area contributed by atoms with Crippen LogP contribution >= 0.6 is 0 Å². The van der Waals surface area contributed by atoms with Gasteiger partial charge in [0.15, 0.2) is 0 Å². The van der Waals surface area contributed by atoms with E-state index in [2.05, 4.69) is 5.11 Å². The van der Waals surface area contributed by atoms with Crippen molar-refractivity contribution < 1.29 is 4.92 Å². The Morgan fingerprint density at radius 1 is 1.67 bits per heavy atom. The molecule has 0 heterocycles. The minimum Gasteiger partial charge on any atom is -0.259 e. The molecule has 1 aliphatic rings. The molecule has 62 valence electrons. The second-order valence-electron chi connectivity index (χ2n) is 2.27. The molecular weight excluding hydrogens is 158 g/mol. The summed E-state index contributed by atoms with van der Waals surface area (Å²) in [5.41, 5.74) is 7.81. The second-order valence-corrected chi connectivity index (χ2v) is 2.27. The van der Waals surface area contributed by atoms with Gasteiger partial charge < -0.3 is 0 Å². The number of nitro groups is 1. The van der Waals surface area contributed by atoms with Gasteiger partial charge >= 0.3 is 0 Å². The van der Waals surface area contributed by atoms with Gasteiger partial charge in [0.2, 0.25) is 6.20 Å². The lowest BCUT2D eigenvalue weighted by Crippen LogP contribution is -1.91. The molecule has 0 bridgehead atoms. The molecule has 1 rings (SSSR count). The van der Waals surface area contributed by atoms with E-state index in [1.54, 1.807) is 18.2 Å². The minimum atomic E-state index is -0.490. The van der Waals surface area contributed by atoms with Gasteiger partial charge in [0.05, 0.1) is 10.6 Å². The van der Waals surface area contributed by atoms with Crippen molar-refractivity contribution in [1.82, 2.24) is 0 Å². The van der Waals surface area contributed by atoms with Crippen molar-refractivity contribution in [2.24, 2.45) is 5.11 Å². The van der Waals surface area contributed by atoms with E-state index in [1.165, 1.54) is 0 Å². The standard InChI is InChI=1S/C7H7N3O2/c8-9-7-3-1-6(2-4-7)5-10(11)12/h1,3-5,8H,2H2/b6-5-,9-8?. The quantitative estimate of drug-likeness (QED) is 0.386. The number of rotatable bonds is 2. The Labute approximate surface area is 68.7 Å². The first-order chi connectivity index (χ1) is 5.72. The van der Waals surface area contributed by atoms with Gasteiger partial charge in [-0.05, 0) is 12.5 Å². The van der Waals surface area contributed by atoms with Gasteiger partial charge in [-0.15, -0.1) is 0 Å². The SMILES string of the molecule is N=NC1=CC/C(=C\[N+](=O)[O-])C=C1. The first kappa shape index (κ1) is 8.32. The molecule has 0 unspecified atom stereocenters. The average molecular weight is 165 g/mol. The fourth-order valence-electron chi connectivity index (χ4n) is 0.865. The predicted molar refractivity (Wildman–Crippen MR) is 42.1 cm³/mol. The monoisotopic (exact) mass is 165 g/mol. The number of hydrogen-bond donors (Lipinski definition) is 1. The smallest absolute Gasteiger partial charge is 0.237 e. The Bertz CT molecular complexity index is 302. The molecule has 0 radical (unpaired) electrons. The van der Waals surface area contributed by atoms with Crippen LogP contribution in [0.25, 0.3) is 0 Å². The largest absolute Gasteiger partial charge is 0.259 e. The van der Waals surface area contributed by atoms with Gasteiger partial charge in [-0.25, -0.2) is 5.53 Å². The maximum absolute atomic E-state index is 10.0. The van der Waals surface area contributed by atoms with Crippen molar-refractivity contribution in [3.8, 4) is 0 Å². The maximum atomic E-state index is 10.0. The fraction of sp³-hybridized carbons (Fsp3) is 0.143. The lowest BCUT2D eigenvalue weighted by Gasteiger charge is -2.00. The number of allylic oxidation sites excluding steroid dienone is 4. The van der Waals surface area contributed by atoms with E-state index in [9.17, 15) is 10.1 Å². The van der Waals surface area contributed by atoms with Crippen molar-refractivity contribution in [3.63, 3.8) is 0 Å². The Balaban J connectivity index is 2.71. The molecular formula is C7H7N3O2. The Morgan fingerprint density at radius 2 is 2.42 bits per heavy atom. The topological polar surface area (TPSA) is 79.3 Å². The molecule has 5 heteroatoms. The molecule has 0 amide bonds. The van der Waals surface area contributed by atoms with E-state index < -0.39 is 4.92 Å². The molecule has 0 aromatic heterocycles. The highest BCUT2D eigenvalue weighted by molar-refractivity contribution is 5.33. The molecule has 0 aromatic rings. The molecule has 0 spiro atoms. The maximum Gasteiger partial charge on any atom is 0.237 e. The summed E-state index contributed by atoms with van der Waals surface area (Å²) < 4.78 is 0. The van der Waals surface area contributed by atoms with Gasteiger partial charge in [-0.2, -0.15) is 5.11 Å². The summed E-state index contributed by atoms with van der Waals surface area (Å²) in [6.45, 7) is 0. The van der Waals surface area contributed by atoms with Crippen LogP contribution < -0.4 is 0 Å². The highest BCUT2D eigenvalue weighted by Crippen LogP contribution is 2.15. The number of hydrogen-bond acceptors (Lipinski definition) is 4. The Kier molecular flexibility index (Phi) is 2.47. The van der Waals surface area contributed by atoms with Crippen LogP contribution in [0.15, 0.2) is 40.8 Å². The first-order valence-electron chi connectivity index (χ1n) is 3.32. The lowest BCUT2D eigenvalue weighted by molar-refractivity contribution is -0.403. The minimum absolute atomic E-state index is 0.467. The Hall–Kier alpha value is -1.78. The highest BCUT2D eigenvalue weighted by atomic mass is 16.6. The molecule has 1 N–H and O–H groups in total. The van der Waals surface area contributed by atoms with Crippen LogP contribution in [0.2, 0.25) is 0 Å². The van der Waals surface area contributed by atoms with E-state index >= 15 is 0 Å². The molecule has 12 heavy (non-hydrogen) atoms. The average Bonchev–Trinajstić information content (AvgIpc) is 2.05. The van der Waals surface area contributed by atoms with Crippen molar-refractivity contribution in [2.45, 2.75) is 6.42 Å². The first-order valence-corrected chi connectivity index (χ1v) is 3.32. The van der Waals surface area contributed by atoms with Crippen LogP contribution in [-0.2, 0) is 0 Å². The predicted octanol–water partition coefficient (Wildman–Crippen LogP) is 2.02. The van der Waals surface area contributed by atoms with Crippen LogP contribution in [0.4, 0.5) is 0 Å². The van der Waals surface area contributed by atoms with E-state index in [-0.39, 0.29) is 0 Å². The van der Waals surface area contributed by atoms with E-state index in [1.807, 2.05) is 0 Å². The third-order valence-corrected chi connectivity index (χ3v) is 1.42. The third kappa shape index (κ3) is 2.12. The van der Waals surface area contributed by atoms with Crippen LogP contribution in [0.3, 0.4) is 0 Å².